The molecule has 4 nitrogen and oxygen atoms in total. The molecule has 0 unspecified atom stereocenters. The fourth-order valence-corrected chi connectivity index (χ4v) is 2.32. The fourth-order valence-electron chi connectivity index (χ4n) is 2.32. The van der Waals surface area contributed by atoms with Crippen LogP contribution in [0.3, 0.4) is 0 Å². The van der Waals surface area contributed by atoms with Gasteiger partial charge >= 0.3 is 5.97 Å². The summed E-state index contributed by atoms with van der Waals surface area (Å²) in [6.45, 7) is 5.29. The summed E-state index contributed by atoms with van der Waals surface area (Å²) in [5.74, 6) is -1.26. The fraction of sp³-hybridized carbons (Fsp3) is 0.263. The number of benzene rings is 2. The number of ether oxygens (including phenoxy) is 1. The summed E-state index contributed by atoms with van der Waals surface area (Å²) in [5.41, 5.74) is 0.0445. The predicted molar refractivity (Wildman–Crippen MR) is 90.5 cm³/mol. The Morgan fingerprint density at radius 1 is 1.12 bits per heavy atom. The maximum atomic E-state index is 14.0. The number of hydrogen-bond acceptors (Lipinski definition) is 3. The normalized spacial score (nSPS) is 11.0. The monoisotopic (exact) mass is 329 g/mol. The van der Waals surface area contributed by atoms with Crippen molar-refractivity contribution in [2.75, 3.05) is 11.9 Å². The van der Waals surface area contributed by atoms with Crippen LogP contribution in [0.1, 0.15) is 36.7 Å². The Bertz CT molecular complexity index is 756. The molecule has 0 aliphatic heterocycles. The molecule has 2 aromatic rings. The lowest BCUT2D eigenvalue weighted by Gasteiger charge is -2.24. The number of carbonyl (C=O) groups excluding carboxylic acids is 2. The number of carbonyl (C=O) groups is 2. The van der Waals surface area contributed by atoms with E-state index in [0.29, 0.717) is 16.8 Å². The van der Waals surface area contributed by atoms with Gasteiger partial charge in [0, 0.05) is 11.3 Å². The van der Waals surface area contributed by atoms with Gasteiger partial charge in [0.15, 0.2) is 0 Å². The molecule has 1 N–H and O–H groups in total. The molecule has 1 amide bonds. The van der Waals surface area contributed by atoms with Crippen molar-refractivity contribution in [3.63, 3.8) is 0 Å². The van der Waals surface area contributed by atoms with E-state index >= 15 is 0 Å². The maximum Gasteiger partial charge on any atom is 0.338 e. The molecule has 0 spiro atoms. The second kappa shape index (κ2) is 7.25. The second-order valence-electron chi connectivity index (χ2n) is 5.86. The Balaban J connectivity index is 2.22. The third kappa shape index (κ3) is 3.79. The number of nitrogens with one attached hydrogen (secondary N) is 1. The standard InChI is InChI=1S/C19H20FNO3/c1-4-24-17(22)13-8-7-9-14(12-13)21-18(23)19(2,3)15-10-5-6-11-16(15)20/h5-12H,4H2,1-3H3,(H,21,23). The van der Waals surface area contributed by atoms with Crippen molar-refractivity contribution < 1.29 is 18.7 Å². The van der Waals surface area contributed by atoms with Gasteiger partial charge < -0.3 is 10.1 Å². The zero-order chi connectivity index (χ0) is 17.7. The van der Waals surface area contributed by atoms with E-state index in [4.69, 9.17) is 4.74 Å². The molecule has 5 heteroatoms. The minimum Gasteiger partial charge on any atom is -0.462 e. The van der Waals surface area contributed by atoms with Crippen molar-refractivity contribution in [2.24, 2.45) is 0 Å². The molecule has 0 heterocycles. The second-order valence-corrected chi connectivity index (χ2v) is 5.86. The molecule has 0 saturated heterocycles. The van der Waals surface area contributed by atoms with E-state index < -0.39 is 17.2 Å². The highest BCUT2D eigenvalue weighted by molar-refractivity contribution is 5.99. The largest absolute Gasteiger partial charge is 0.462 e. The minimum absolute atomic E-state index is 0.274. The van der Waals surface area contributed by atoms with Crippen LogP contribution >= 0.6 is 0 Å². The van der Waals surface area contributed by atoms with Gasteiger partial charge in [0.25, 0.3) is 0 Å². The highest BCUT2D eigenvalue weighted by atomic mass is 19.1. The van der Waals surface area contributed by atoms with Gasteiger partial charge in [0.05, 0.1) is 17.6 Å². The lowest BCUT2D eigenvalue weighted by Crippen LogP contribution is -2.35. The average molecular weight is 329 g/mol. The van der Waals surface area contributed by atoms with Crippen molar-refractivity contribution in [1.82, 2.24) is 0 Å². The summed E-state index contributed by atoms with van der Waals surface area (Å²) in [4.78, 5) is 24.4. The Labute approximate surface area is 140 Å². The number of halogens is 1. The van der Waals surface area contributed by atoms with E-state index in [0.717, 1.165) is 0 Å². The van der Waals surface area contributed by atoms with Crippen molar-refractivity contribution in [3.8, 4) is 0 Å². The van der Waals surface area contributed by atoms with Crippen molar-refractivity contribution in [2.45, 2.75) is 26.2 Å². The molecular formula is C19H20FNO3. The molecule has 2 rings (SSSR count). The number of hydrogen-bond donors (Lipinski definition) is 1. The molecule has 0 radical (unpaired) electrons. The number of esters is 1. The summed E-state index contributed by atoms with van der Waals surface area (Å²) >= 11 is 0. The van der Waals surface area contributed by atoms with Crippen LogP contribution in [-0.4, -0.2) is 18.5 Å². The topological polar surface area (TPSA) is 55.4 Å². The van der Waals surface area contributed by atoms with Crippen molar-refractivity contribution in [1.29, 1.82) is 0 Å². The minimum atomic E-state index is -1.06. The molecule has 126 valence electrons. The quantitative estimate of drug-likeness (QED) is 0.846. The Kier molecular flexibility index (Phi) is 5.34. The van der Waals surface area contributed by atoms with Crippen LogP contribution in [0.15, 0.2) is 48.5 Å². The van der Waals surface area contributed by atoms with E-state index in [9.17, 15) is 14.0 Å². The third-order valence-electron chi connectivity index (χ3n) is 3.75. The van der Waals surface area contributed by atoms with E-state index in [2.05, 4.69) is 5.32 Å². The lowest BCUT2D eigenvalue weighted by molar-refractivity contribution is -0.120. The number of amides is 1. The molecule has 2 aromatic carbocycles. The van der Waals surface area contributed by atoms with E-state index in [-0.39, 0.29) is 12.5 Å². The van der Waals surface area contributed by atoms with Crippen LogP contribution in [0.5, 0.6) is 0 Å². The zero-order valence-electron chi connectivity index (χ0n) is 13.9. The first-order valence-electron chi connectivity index (χ1n) is 7.70. The van der Waals surface area contributed by atoms with Crippen LogP contribution in [0.25, 0.3) is 0 Å². The van der Waals surface area contributed by atoms with Crippen LogP contribution in [-0.2, 0) is 14.9 Å². The van der Waals surface area contributed by atoms with Gasteiger partial charge in [-0.1, -0.05) is 24.3 Å². The third-order valence-corrected chi connectivity index (χ3v) is 3.75. The zero-order valence-corrected chi connectivity index (χ0v) is 13.9. The molecule has 24 heavy (non-hydrogen) atoms. The Hall–Kier alpha value is -2.69. The maximum absolute atomic E-state index is 14.0. The van der Waals surface area contributed by atoms with Crippen LogP contribution in [0.2, 0.25) is 0 Å². The van der Waals surface area contributed by atoms with Gasteiger partial charge in [0.2, 0.25) is 5.91 Å². The van der Waals surface area contributed by atoms with E-state index in [1.165, 1.54) is 12.1 Å². The summed E-state index contributed by atoms with van der Waals surface area (Å²) < 4.78 is 18.9. The summed E-state index contributed by atoms with van der Waals surface area (Å²) in [5, 5.41) is 2.73. The molecule has 0 saturated carbocycles. The van der Waals surface area contributed by atoms with E-state index in [1.54, 1.807) is 57.2 Å². The Morgan fingerprint density at radius 2 is 1.83 bits per heavy atom. The Morgan fingerprint density at radius 3 is 2.50 bits per heavy atom. The van der Waals surface area contributed by atoms with Gasteiger partial charge in [-0.3, -0.25) is 4.79 Å². The summed E-state index contributed by atoms with van der Waals surface area (Å²) in [6.07, 6.45) is 0. The highest BCUT2D eigenvalue weighted by Crippen LogP contribution is 2.27. The van der Waals surface area contributed by atoms with E-state index in [1.807, 2.05) is 0 Å². The van der Waals surface area contributed by atoms with Gasteiger partial charge in [-0.05, 0) is 45.0 Å². The molecule has 0 aliphatic carbocycles. The number of rotatable bonds is 5. The smallest absolute Gasteiger partial charge is 0.338 e. The highest BCUT2D eigenvalue weighted by Gasteiger charge is 2.32. The first kappa shape index (κ1) is 17.7. The van der Waals surface area contributed by atoms with Crippen LogP contribution < -0.4 is 5.32 Å². The number of anilines is 1. The van der Waals surface area contributed by atoms with Gasteiger partial charge in [-0.25, -0.2) is 9.18 Å². The first-order chi connectivity index (χ1) is 11.4. The summed E-state index contributed by atoms with van der Waals surface area (Å²) in [6, 6.07) is 12.6. The average Bonchev–Trinajstić information content (AvgIpc) is 2.55. The van der Waals surface area contributed by atoms with Crippen molar-refractivity contribution >= 4 is 17.6 Å². The van der Waals surface area contributed by atoms with Crippen LogP contribution in [0.4, 0.5) is 10.1 Å². The van der Waals surface area contributed by atoms with Crippen molar-refractivity contribution in [3.05, 3.63) is 65.5 Å². The first-order valence-corrected chi connectivity index (χ1v) is 7.70. The summed E-state index contributed by atoms with van der Waals surface area (Å²) in [7, 11) is 0. The molecule has 0 fully saturated rings. The molecule has 0 atom stereocenters. The molecule has 0 aromatic heterocycles. The predicted octanol–water partition coefficient (Wildman–Crippen LogP) is 3.92. The molecule has 0 aliphatic rings. The van der Waals surface area contributed by atoms with Gasteiger partial charge in [-0.15, -0.1) is 0 Å². The SMILES string of the molecule is CCOC(=O)c1cccc(NC(=O)C(C)(C)c2ccccc2F)c1. The van der Waals surface area contributed by atoms with Crippen LogP contribution in [0, 0.1) is 5.82 Å². The lowest BCUT2D eigenvalue weighted by atomic mass is 9.83. The van der Waals surface area contributed by atoms with Gasteiger partial charge in [0.1, 0.15) is 5.82 Å². The molecular weight excluding hydrogens is 309 g/mol. The molecule has 0 bridgehead atoms. The van der Waals surface area contributed by atoms with Gasteiger partial charge in [-0.2, -0.15) is 0 Å².